The molecule has 3 nitrogen and oxygen atoms in total. The number of nitrogens with one attached hydrogen (secondary N) is 1. The first-order valence-electron chi connectivity index (χ1n) is 7.33. The quantitative estimate of drug-likeness (QED) is 0.690. The van der Waals surface area contributed by atoms with Crippen molar-refractivity contribution in [2.24, 2.45) is 0 Å². The molecular weight excluding hydrogens is 321 g/mol. The van der Waals surface area contributed by atoms with Crippen LogP contribution in [0.1, 0.15) is 26.0 Å². The minimum Gasteiger partial charge on any atom is -0.460 e. The van der Waals surface area contributed by atoms with Crippen LogP contribution in [0.2, 0.25) is 5.02 Å². The molecule has 1 heterocycles. The van der Waals surface area contributed by atoms with E-state index in [0.29, 0.717) is 17.7 Å². The van der Waals surface area contributed by atoms with Gasteiger partial charge in [0.05, 0.1) is 17.7 Å². The smallest absolute Gasteiger partial charge is 0.135 e. The SMILES string of the molecule is CC(C)OCCCNCc1ccc(-c2ccccc2Cl)o1.Cl. The lowest BCUT2D eigenvalue weighted by molar-refractivity contribution is 0.0770. The Bertz CT molecular complexity index is 555. The third kappa shape index (κ3) is 6.01. The molecule has 0 saturated heterocycles. The summed E-state index contributed by atoms with van der Waals surface area (Å²) < 4.78 is 11.3. The van der Waals surface area contributed by atoms with Crippen molar-refractivity contribution >= 4 is 24.0 Å². The molecule has 0 bridgehead atoms. The molecule has 2 rings (SSSR count). The standard InChI is InChI=1S/C17H22ClNO2.ClH/c1-13(2)20-11-5-10-19-12-14-8-9-17(21-14)15-6-3-4-7-16(15)18;/h3-4,6-9,13,19H,5,10-12H2,1-2H3;1H. The summed E-state index contributed by atoms with van der Waals surface area (Å²) >= 11 is 6.17. The fourth-order valence-corrected chi connectivity index (χ4v) is 2.24. The largest absolute Gasteiger partial charge is 0.460 e. The molecule has 1 N–H and O–H groups in total. The van der Waals surface area contributed by atoms with Crippen LogP contribution in [0.4, 0.5) is 0 Å². The predicted octanol–water partition coefficient (Wildman–Crippen LogP) is 4.93. The van der Waals surface area contributed by atoms with Gasteiger partial charge in [-0.2, -0.15) is 0 Å². The number of furan rings is 1. The Morgan fingerprint density at radius 2 is 1.95 bits per heavy atom. The van der Waals surface area contributed by atoms with Crippen molar-refractivity contribution < 1.29 is 9.15 Å². The van der Waals surface area contributed by atoms with Gasteiger partial charge < -0.3 is 14.5 Å². The maximum absolute atomic E-state index is 6.17. The number of ether oxygens (including phenoxy) is 1. The highest BCUT2D eigenvalue weighted by Crippen LogP contribution is 2.28. The second kappa shape index (κ2) is 9.90. The highest BCUT2D eigenvalue weighted by atomic mass is 35.5. The van der Waals surface area contributed by atoms with E-state index in [1.165, 1.54) is 0 Å². The Kier molecular flexibility index (Phi) is 8.57. The van der Waals surface area contributed by atoms with Crippen molar-refractivity contribution in [2.45, 2.75) is 32.9 Å². The van der Waals surface area contributed by atoms with Crippen LogP contribution in [-0.4, -0.2) is 19.3 Å². The van der Waals surface area contributed by atoms with Crippen LogP contribution < -0.4 is 5.32 Å². The number of rotatable bonds is 8. The first kappa shape index (κ1) is 19.0. The van der Waals surface area contributed by atoms with E-state index in [2.05, 4.69) is 5.32 Å². The van der Waals surface area contributed by atoms with Crippen LogP contribution in [0.15, 0.2) is 40.8 Å². The van der Waals surface area contributed by atoms with Crippen LogP contribution in [-0.2, 0) is 11.3 Å². The Morgan fingerprint density at radius 1 is 1.18 bits per heavy atom. The van der Waals surface area contributed by atoms with Crippen molar-refractivity contribution in [3.05, 3.63) is 47.2 Å². The first-order valence-corrected chi connectivity index (χ1v) is 7.70. The lowest BCUT2D eigenvalue weighted by Gasteiger charge is -2.07. The average Bonchev–Trinajstić information content (AvgIpc) is 2.91. The Balaban J connectivity index is 0.00000242. The molecule has 0 aliphatic rings. The summed E-state index contributed by atoms with van der Waals surface area (Å²) in [7, 11) is 0. The van der Waals surface area contributed by atoms with Gasteiger partial charge in [-0.3, -0.25) is 0 Å². The van der Waals surface area contributed by atoms with Gasteiger partial charge in [-0.1, -0.05) is 23.7 Å². The summed E-state index contributed by atoms with van der Waals surface area (Å²) in [6, 6.07) is 11.6. The highest BCUT2D eigenvalue weighted by molar-refractivity contribution is 6.33. The van der Waals surface area contributed by atoms with Gasteiger partial charge in [-0.15, -0.1) is 12.4 Å². The molecule has 0 atom stereocenters. The van der Waals surface area contributed by atoms with Gasteiger partial charge in [0.1, 0.15) is 11.5 Å². The van der Waals surface area contributed by atoms with E-state index in [9.17, 15) is 0 Å². The minimum atomic E-state index is 0. The van der Waals surface area contributed by atoms with Gasteiger partial charge in [0.25, 0.3) is 0 Å². The molecule has 0 radical (unpaired) electrons. The fourth-order valence-electron chi connectivity index (χ4n) is 2.01. The van der Waals surface area contributed by atoms with E-state index in [4.69, 9.17) is 20.8 Å². The molecule has 1 aromatic heterocycles. The molecule has 0 amide bonds. The van der Waals surface area contributed by atoms with Crippen LogP contribution in [0.25, 0.3) is 11.3 Å². The van der Waals surface area contributed by atoms with E-state index in [-0.39, 0.29) is 12.4 Å². The van der Waals surface area contributed by atoms with Crippen molar-refractivity contribution in [2.75, 3.05) is 13.2 Å². The summed E-state index contributed by atoms with van der Waals surface area (Å²) in [5, 5.41) is 4.05. The number of hydrogen-bond acceptors (Lipinski definition) is 3. The molecule has 122 valence electrons. The topological polar surface area (TPSA) is 34.4 Å². The van der Waals surface area contributed by atoms with E-state index >= 15 is 0 Å². The normalized spacial score (nSPS) is 10.7. The Morgan fingerprint density at radius 3 is 2.68 bits per heavy atom. The number of benzene rings is 1. The van der Waals surface area contributed by atoms with Gasteiger partial charge in [0, 0.05) is 12.2 Å². The molecule has 0 fully saturated rings. The fraction of sp³-hybridized carbons (Fsp3) is 0.412. The molecular formula is C17H23Cl2NO2. The van der Waals surface area contributed by atoms with Crippen molar-refractivity contribution in [3.63, 3.8) is 0 Å². The monoisotopic (exact) mass is 343 g/mol. The number of halogens is 2. The minimum absolute atomic E-state index is 0. The lowest BCUT2D eigenvalue weighted by atomic mass is 10.2. The summed E-state index contributed by atoms with van der Waals surface area (Å²) in [5.41, 5.74) is 0.927. The van der Waals surface area contributed by atoms with Crippen LogP contribution in [0.5, 0.6) is 0 Å². The second-order valence-corrected chi connectivity index (χ2v) is 5.60. The van der Waals surface area contributed by atoms with Gasteiger partial charge >= 0.3 is 0 Å². The molecule has 22 heavy (non-hydrogen) atoms. The summed E-state index contributed by atoms with van der Waals surface area (Å²) in [6.07, 6.45) is 1.30. The summed E-state index contributed by atoms with van der Waals surface area (Å²) in [4.78, 5) is 0. The molecule has 0 aliphatic heterocycles. The van der Waals surface area contributed by atoms with Crippen LogP contribution in [0, 0.1) is 0 Å². The zero-order chi connectivity index (χ0) is 15.1. The van der Waals surface area contributed by atoms with Crippen molar-refractivity contribution in [1.82, 2.24) is 5.32 Å². The number of hydrogen-bond donors (Lipinski definition) is 1. The van der Waals surface area contributed by atoms with Gasteiger partial charge in [-0.25, -0.2) is 0 Å². The molecule has 5 heteroatoms. The molecule has 1 aromatic carbocycles. The van der Waals surface area contributed by atoms with E-state index in [0.717, 1.165) is 36.7 Å². The van der Waals surface area contributed by atoms with Gasteiger partial charge in [0.15, 0.2) is 0 Å². The molecule has 0 aliphatic carbocycles. The maximum atomic E-state index is 6.17. The second-order valence-electron chi connectivity index (χ2n) is 5.20. The van der Waals surface area contributed by atoms with Crippen LogP contribution in [0.3, 0.4) is 0 Å². The van der Waals surface area contributed by atoms with E-state index in [1.54, 1.807) is 0 Å². The van der Waals surface area contributed by atoms with E-state index in [1.807, 2.05) is 50.2 Å². The predicted molar refractivity (Wildman–Crippen MR) is 93.8 cm³/mol. The lowest BCUT2D eigenvalue weighted by Crippen LogP contribution is -2.17. The van der Waals surface area contributed by atoms with Crippen LogP contribution >= 0.6 is 24.0 Å². The molecule has 0 saturated carbocycles. The maximum Gasteiger partial charge on any atom is 0.135 e. The third-order valence-electron chi connectivity index (χ3n) is 3.05. The Hall–Kier alpha value is -1.000. The average molecular weight is 344 g/mol. The molecule has 0 spiro atoms. The summed E-state index contributed by atoms with van der Waals surface area (Å²) in [6.45, 7) is 6.51. The first-order chi connectivity index (χ1) is 10.2. The van der Waals surface area contributed by atoms with Crippen molar-refractivity contribution in [3.8, 4) is 11.3 Å². The van der Waals surface area contributed by atoms with Gasteiger partial charge in [-0.05, 0) is 51.1 Å². The third-order valence-corrected chi connectivity index (χ3v) is 3.38. The summed E-state index contributed by atoms with van der Waals surface area (Å²) in [5.74, 6) is 1.72. The zero-order valence-electron chi connectivity index (χ0n) is 13.0. The zero-order valence-corrected chi connectivity index (χ0v) is 14.5. The van der Waals surface area contributed by atoms with Crippen molar-refractivity contribution in [1.29, 1.82) is 0 Å². The van der Waals surface area contributed by atoms with Gasteiger partial charge in [0.2, 0.25) is 0 Å². The molecule has 2 aromatic rings. The molecule has 0 unspecified atom stereocenters. The highest BCUT2D eigenvalue weighted by Gasteiger charge is 2.07. The van der Waals surface area contributed by atoms with E-state index < -0.39 is 0 Å². The Labute approximate surface area is 143 Å².